The first-order valence-electron chi connectivity index (χ1n) is 5.91. The quantitative estimate of drug-likeness (QED) is 0.915. The number of aromatic nitrogens is 1. The molecule has 1 N–H and O–H groups in total. The molecule has 0 radical (unpaired) electrons. The number of aromatic carboxylic acids is 1. The highest BCUT2D eigenvalue weighted by atomic mass is 16.5. The summed E-state index contributed by atoms with van der Waals surface area (Å²) in [6.07, 6.45) is 0. The molecule has 5 nitrogen and oxygen atoms in total. The van der Waals surface area contributed by atoms with Crippen molar-refractivity contribution in [2.24, 2.45) is 0 Å². The van der Waals surface area contributed by atoms with Crippen molar-refractivity contribution in [3.05, 3.63) is 35.6 Å². The average Bonchev–Trinajstić information content (AvgIpc) is 2.87. The van der Waals surface area contributed by atoms with Gasteiger partial charge in [-0.2, -0.15) is 0 Å². The molecule has 0 saturated carbocycles. The molecular weight excluding hydrogens is 246 g/mol. The van der Waals surface area contributed by atoms with Gasteiger partial charge in [-0.05, 0) is 29.7 Å². The molecule has 0 atom stereocenters. The van der Waals surface area contributed by atoms with Gasteiger partial charge in [0, 0.05) is 11.6 Å². The van der Waals surface area contributed by atoms with Crippen LogP contribution in [0.4, 0.5) is 0 Å². The van der Waals surface area contributed by atoms with Gasteiger partial charge in [0.05, 0.1) is 7.11 Å². The summed E-state index contributed by atoms with van der Waals surface area (Å²) in [6.45, 7) is 4.13. The molecule has 1 heterocycles. The van der Waals surface area contributed by atoms with E-state index in [2.05, 4.69) is 19.0 Å². The minimum atomic E-state index is -1.13. The highest BCUT2D eigenvalue weighted by Gasteiger charge is 2.14. The van der Waals surface area contributed by atoms with Gasteiger partial charge in [-0.15, -0.1) is 0 Å². The Balaban J connectivity index is 2.44. The molecule has 0 spiro atoms. The van der Waals surface area contributed by atoms with Crippen molar-refractivity contribution < 1.29 is 19.2 Å². The number of rotatable bonds is 4. The summed E-state index contributed by atoms with van der Waals surface area (Å²) in [4.78, 5) is 10.8. The molecule has 1 aromatic heterocycles. The number of carboxylic acids is 1. The third kappa shape index (κ3) is 2.59. The molecule has 0 amide bonds. The predicted octanol–water partition coefficient (Wildman–Crippen LogP) is 3.17. The van der Waals surface area contributed by atoms with E-state index in [4.69, 9.17) is 14.4 Å². The number of carboxylic acid groups (broad SMARTS) is 1. The number of methoxy groups -OCH3 is 1. The third-order valence-electron chi connectivity index (χ3n) is 2.87. The van der Waals surface area contributed by atoms with Crippen molar-refractivity contribution >= 4 is 5.97 Å². The molecule has 2 aromatic rings. The van der Waals surface area contributed by atoms with Gasteiger partial charge in [0.2, 0.25) is 5.76 Å². The fourth-order valence-electron chi connectivity index (χ4n) is 1.86. The molecule has 5 heteroatoms. The van der Waals surface area contributed by atoms with Gasteiger partial charge in [0.15, 0.2) is 0 Å². The van der Waals surface area contributed by atoms with Crippen molar-refractivity contribution in [2.75, 3.05) is 7.11 Å². The lowest BCUT2D eigenvalue weighted by atomic mass is 9.98. The van der Waals surface area contributed by atoms with E-state index in [1.165, 1.54) is 6.07 Å². The Morgan fingerprint density at radius 3 is 2.63 bits per heavy atom. The second-order valence-electron chi connectivity index (χ2n) is 4.49. The van der Waals surface area contributed by atoms with Crippen LogP contribution in [0.1, 0.15) is 35.9 Å². The summed E-state index contributed by atoms with van der Waals surface area (Å²) in [5.41, 5.74) is 2.35. The molecule has 0 aliphatic heterocycles. The molecule has 0 aliphatic carbocycles. The number of hydrogen-bond donors (Lipinski definition) is 1. The number of ether oxygens (including phenoxy) is 1. The molecule has 0 fully saturated rings. The Morgan fingerprint density at radius 1 is 1.37 bits per heavy atom. The molecular formula is C14H15NO4. The Kier molecular flexibility index (Phi) is 3.55. The maximum atomic E-state index is 10.8. The SMILES string of the molecule is COc1ccc(-c2cc(C(=O)O)on2)cc1C(C)C. The molecule has 19 heavy (non-hydrogen) atoms. The van der Waals surface area contributed by atoms with Crippen LogP contribution in [0.5, 0.6) is 5.75 Å². The second kappa shape index (κ2) is 5.14. The van der Waals surface area contributed by atoms with E-state index in [9.17, 15) is 4.79 Å². The first-order chi connectivity index (χ1) is 9.02. The van der Waals surface area contributed by atoms with Gasteiger partial charge in [-0.3, -0.25) is 0 Å². The number of benzene rings is 1. The molecule has 0 saturated heterocycles. The number of carbonyl (C=O) groups is 1. The standard InChI is InChI=1S/C14H15NO4/c1-8(2)10-6-9(4-5-12(10)18-3)11-7-13(14(16)17)19-15-11/h4-8H,1-3H3,(H,16,17). The second-order valence-corrected chi connectivity index (χ2v) is 4.49. The molecule has 100 valence electrons. The predicted molar refractivity (Wildman–Crippen MR) is 69.5 cm³/mol. The Morgan fingerprint density at radius 2 is 2.11 bits per heavy atom. The van der Waals surface area contributed by atoms with Crippen molar-refractivity contribution in [3.63, 3.8) is 0 Å². The van der Waals surface area contributed by atoms with Gasteiger partial charge in [-0.25, -0.2) is 4.79 Å². The Labute approximate surface area is 110 Å². The summed E-state index contributed by atoms with van der Waals surface area (Å²) < 4.78 is 10.1. The molecule has 0 unspecified atom stereocenters. The summed E-state index contributed by atoms with van der Waals surface area (Å²) in [6, 6.07) is 7.02. The van der Waals surface area contributed by atoms with Crippen LogP contribution < -0.4 is 4.74 Å². The van der Waals surface area contributed by atoms with E-state index in [-0.39, 0.29) is 5.76 Å². The number of nitrogens with zero attached hydrogens (tertiary/aromatic N) is 1. The highest BCUT2D eigenvalue weighted by molar-refractivity contribution is 5.85. The molecule has 2 rings (SSSR count). The minimum absolute atomic E-state index is 0.170. The fourth-order valence-corrected chi connectivity index (χ4v) is 1.86. The van der Waals surface area contributed by atoms with Crippen molar-refractivity contribution in [1.82, 2.24) is 5.16 Å². The van der Waals surface area contributed by atoms with Crippen LogP contribution in [-0.2, 0) is 0 Å². The van der Waals surface area contributed by atoms with Gasteiger partial charge in [-0.1, -0.05) is 19.0 Å². The first kappa shape index (κ1) is 13.1. The summed E-state index contributed by atoms with van der Waals surface area (Å²) >= 11 is 0. The van der Waals surface area contributed by atoms with Crippen LogP contribution in [-0.4, -0.2) is 23.3 Å². The zero-order chi connectivity index (χ0) is 14.0. The van der Waals surface area contributed by atoms with E-state index in [1.807, 2.05) is 18.2 Å². The van der Waals surface area contributed by atoms with E-state index in [0.29, 0.717) is 11.6 Å². The van der Waals surface area contributed by atoms with Crippen LogP contribution in [0.25, 0.3) is 11.3 Å². The lowest BCUT2D eigenvalue weighted by Gasteiger charge is -2.12. The monoisotopic (exact) mass is 261 g/mol. The largest absolute Gasteiger partial charge is 0.496 e. The third-order valence-corrected chi connectivity index (χ3v) is 2.87. The lowest BCUT2D eigenvalue weighted by molar-refractivity contribution is 0.0652. The molecule has 0 bridgehead atoms. The zero-order valence-corrected chi connectivity index (χ0v) is 11.0. The van der Waals surface area contributed by atoms with Crippen LogP contribution in [0.15, 0.2) is 28.8 Å². The van der Waals surface area contributed by atoms with Crippen LogP contribution in [0.3, 0.4) is 0 Å². The van der Waals surface area contributed by atoms with Crippen LogP contribution in [0, 0.1) is 0 Å². The lowest BCUT2D eigenvalue weighted by Crippen LogP contribution is -1.95. The normalized spacial score (nSPS) is 10.7. The van der Waals surface area contributed by atoms with Gasteiger partial charge in [0.1, 0.15) is 11.4 Å². The minimum Gasteiger partial charge on any atom is -0.496 e. The smallest absolute Gasteiger partial charge is 0.374 e. The first-order valence-corrected chi connectivity index (χ1v) is 5.91. The Bertz CT molecular complexity index is 601. The maximum absolute atomic E-state index is 10.8. The zero-order valence-electron chi connectivity index (χ0n) is 11.0. The van der Waals surface area contributed by atoms with Crippen LogP contribution >= 0.6 is 0 Å². The van der Waals surface area contributed by atoms with E-state index in [0.717, 1.165) is 16.9 Å². The van der Waals surface area contributed by atoms with E-state index >= 15 is 0 Å². The number of hydrogen-bond acceptors (Lipinski definition) is 4. The summed E-state index contributed by atoms with van der Waals surface area (Å²) in [5.74, 6) is -0.199. The summed E-state index contributed by atoms with van der Waals surface area (Å²) in [7, 11) is 1.62. The maximum Gasteiger partial charge on any atom is 0.374 e. The summed E-state index contributed by atoms with van der Waals surface area (Å²) in [5, 5.41) is 12.6. The fraction of sp³-hybridized carbons (Fsp3) is 0.286. The highest BCUT2D eigenvalue weighted by Crippen LogP contribution is 2.31. The van der Waals surface area contributed by atoms with Gasteiger partial charge in [0.25, 0.3) is 0 Å². The Hall–Kier alpha value is -2.30. The topological polar surface area (TPSA) is 72.6 Å². The van der Waals surface area contributed by atoms with Gasteiger partial charge < -0.3 is 14.4 Å². The van der Waals surface area contributed by atoms with Gasteiger partial charge >= 0.3 is 5.97 Å². The van der Waals surface area contributed by atoms with Crippen LogP contribution in [0.2, 0.25) is 0 Å². The van der Waals surface area contributed by atoms with E-state index in [1.54, 1.807) is 7.11 Å². The molecule has 0 aliphatic rings. The van der Waals surface area contributed by atoms with Crippen molar-refractivity contribution in [1.29, 1.82) is 0 Å². The van der Waals surface area contributed by atoms with E-state index < -0.39 is 5.97 Å². The average molecular weight is 261 g/mol. The van der Waals surface area contributed by atoms with Crippen molar-refractivity contribution in [2.45, 2.75) is 19.8 Å². The molecule has 1 aromatic carbocycles. The van der Waals surface area contributed by atoms with Crippen molar-refractivity contribution in [3.8, 4) is 17.0 Å².